The quantitative estimate of drug-likeness (QED) is 0.577. The number of aromatic nitrogens is 4. The first kappa shape index (κ1) is 19.1. The molecule has 2 fully saturated rings. The molecular weight excluding hydrogens is 380 g/mol. The summed E-state index contributed by atoms with van der Waals surface area (Å²) in [6.45, 7) is 4.86. The van der Waals surface area contributed by atoms with E-state index in [0.29, 0.717) is 18.3 Å². The average molecular weight is 409 g/mol. The molecule has 1 saturated carbocycles. The van der Waals surface area contributed by atoms with Crippen LogP contribution in [0, 0.1) is 0 Å². The molecule has 2 aliphatic rings. The van der Waals surface area contributed by atoms with Gasteiger partial charge in [0.1, 0.15) is 0 Å². The van der Waals surface area contributed by atoms with Crippen molar-refractivity contribution in [2.75, 3.05) is 56.0 Å². The molecule has 3 aromatic rings. The molecule has 30 heavy (non-hydrogen) atoms. The highest BCUT2D eigenvalue weighted by molar-refractivity contribution is 5.71. The van der Waals surface area contributed by atoms with Gasteiger partial charge in [-0.15, -0.1) is 5.10 Å². The summed E-state index contributed by atoms with van der Waals surface area (Å²) in [5, 5.41) is 11.3. The Balaban J connectivity index is 1.40. The van der Waals surface area contributed by atoms with Crippen molar-refractivity contribution in [1.82, 2.24) is 24.5 Å². The molecule has 0 unspecified atom stereocenters. The third kappa shape index (κ3) is 4.03. The van der Waals surface area contributed by atoms with E-state index in [1.807, 2.05) is 6.07 Å². The standard InChI is InChI=1S/C21H28N8O/c1-27-5-7-28(8-6-27)19-9-16(15-3-4-15)13-29-14-18(24-21(19)29)11-22-17-10-20(26-30-2)25-23-12-17/h9-10,12-15H,3-8,11H2,1-2H3,(H2,22,25,26). The van der Waals surface area contributed by atoms with Gasteiger partial charge in [0.05, 0.1) is 36.9 Å². The maximum absolute atomic E-state index is 4.97. The van der Waals surface area contributed by atoms with Gasteiger partial charge in [-0.1, -0.05) is 0 Å². The number of piperazine rings is 1. The zero-order chi connectivity index (χ0) is 20.5. The number of hydrogen-bond donors (Lipinski definition) is 2. The number of pyridine rings is 1. The highest BCUT2D eigenvalue weighted by atomic mass is 16.6. The normalized spacial score (nSPS) is 17.5. The van der Waals surface area contributed by atoms with E-state index in [0.717, 1.165) is 43.2 Å². The van der Waals surface area contributed by atoms with E-state index in [1.54, 1.807) is 13.3 Å². The lowest BCUT2D eigenvalue weighted by atomic mass is 10.1. The Hall–Kier alpha value is -2.91. The monoisotopic (exact) mass is 408 g/mol. The van der Waals surface area contributed by atoms with E-state index in [-0.39, 0.29) is 0 Å². The third-order valence-electron chi connectivity index (χ3n) is 5.83. The van der Waals surface area contributed by atoms with Crippen molar-refractivity contribution in [3.8, 4) is 0 Å². The Kier molecular flexibility index (Phi) is 5.14. The molecule has 2 N–H and O–H groups in total. The Bertz CT molecular complexity index is 1020. The van der Waals surface area contributed by atoms with E-state index in [9.17, 15) is 0 Å². The van der Waals surface area contributed by atoms with Crippen LogP contribution < -0.4 is 15.7 Å². The van der Waals surface area contributed by atoms with Crippen molar-refractivity contribution in [3.63, 3.8) is 0 Å². The van der Waals surface area contributed by atoms with Gasteiger partial charge in [0.15, 0.2) is 11.5 Å². The molecule has 0 amide bonds. The van der Waals surface area contributed by atoms with Crippen LogP contribution in [-0.4, -0.2) is 64.8 Å². The van der Waals surface area contributed by atoms with Crippen LogP contribution in [0.15, 0.2) is 30.7 Å². The molecule has 3 aromatic heterocycles. The number of anilines is 3. The van der Waals surface area contributed by atoms with Gasteiger partial charge in [0.25, 0.3) is 0 Å². The van der Waals surface area contributed by atoms with Crippen LogP contribution in [0.25, 0.3) is 5.65 Å². The van der Waals surface area contributed by atoms with E-state index in [1.165, 1.54) is 24.1 Å². The fraction of sp³-hybridized carbons (Fsp3) is 0.476. The Morgan fingerprint density at radius 3 is 2.73 bits per heavy atom. The van der Waals surface area contributed by atoms with Crippen molar-refractivity contribution in [1.29, 1.82) is 0 Å². The predicted octanol–water partition coefficient (Wildman–Crippen LogP) is 2.34. The SMILES string of the molecule is CONc1cc(NCc2cn3cc(C4CC4)cc(N4CCN(C)CC4)c3n2)cnn1. The minimum atomic E-state index is 0.559. The summed E-state index contributed by atoms with van der Waals surface area (Å²) in [5.41, 5.74) is 8.28. The number of likely N-dealkylation sites (N-methyl/N-ethyl adjacent to an activating group) is 1. The van der Waals surface area contributed by atoms with Crippen molar-refractivity contribution < 1.29 is 4.84 Å². The highest BCUT2D eigenvalue weighted by Crippen LogP contribution is 2.42. The molecular formula is C21H28N8O. The first-order valence-electron chi connectivity index (χ1n) is 10.5. The number of rotatable bonds is 7. The number of hydrogen-bond acceptors (Lipinski definition) is 8. The topological polar surface area (TPSA) is 82.9 Å². The molecule has 0 bridgehead atoms. The zero-order valence-corrected chi connectivity index (χ0v) is 17.5. The second-order valence-electron chi connectivity index (χ2n) is 8.18. The molecule has 9 heteroatoms. The van der Waals surface area contributed by atoms with Crippen LogP contribution in [0.3, 0.4) is 0 Å². The molecule has 9 nitrogen and oxygen atoms in total. The van der Waals surface area contributed by atoms with Gasteiger partial charge in [0.2, 0.25) is 0 Å². The summed E-state index contributed by atoms with van der Waals surface area (Å²) in [5.74, 6) is 1.27. The second-order valence-corrected chi connectivity index (χ2v) is 8.18. The molecule has 0 spiro atoms. The fourth-order valence-electron chi connectivity index (χ4n) is 3.97. The highest BCUT2D eigenvalue weighted by Gasteiger charge is 2.27. The molecule has 4 heterocycles. The Morgan fingerprint density at radius 1 is 1.13 bits per heavy atom. The molecule has 0 atom stereocenters. The number of nitrogens with one attached hydrogen (secondary N) is 2. The van der Waals surface area contributed by atoms with Gasteiger partial charge in [-0.3, -0.25) is 4.84 Å². The van der Waals surface area contributed by atoms with Crippen LogP contribution in [0.2, 0.25) is 0 Å². The van der Waals surface area contributed by atoms with E-state index >= 15 is 0 Å². The van der Waals surface area contributed by atoms with Gasteiger partial charge >= 0.3 is 0 Å². The Morgan fingerprint density at radius 2 is 1.97 bits per heavy atom. The van der Waals surface area contributed by atoms with Gasteiger partial charge < -0.3 is 19.5 Å². The third-order valence-corrected chi connectivity index (χ3v) is 5.83. The fourth-order valence-corrected chi connectivity index (χ4v) is 3.97. The lowest BCUT2D eigenvalue weighted by Gasteiger charge is -2.34. The van der Waals surface area contributed by atoms with E-state index < -0.39 is 0 Å². The maximum atomic E-state index is 4.97. The van der Waals surface area contributed by atoms with E-state index in [2.05, 4.69) is 60.7 Å². The number of fused-ring (bicyclic) bond motifs is 1. The first-order chi connectivity index (χ1) is 14.7. The number of imidazole rings is 1. The average Bonchev–Trinajstić information content (AvgIpc) is 3.52. The van der Waals surface area contributed by atoms with Crippen molar-refractivity contribution in [2.45, 2.75) is 25.3 Å². The minimum Gasteiger partial charge on any atom is -0.378 e. The van der Waals surface area contributed by atoms with Gasteiger partial charge in [-0.2, -0.15) is 5.10 Å². The maximum Gasteiger partial charge on any atom is 0.174 e. The van der Waals surface area contributed by atoms with Crippen molar-refractivity contribution in [3.05, 3.63) is 42.0 Å². The summed E-state index contributed by atoms with van der Waals surface area (Å²) < 4.78 is 2.21. The van der Waals surface area contributed by atoms with Crippen molar-refractivity contribution >= 4 is 22.8 Å². The molecule has 158 valence electrons. The van der Waals surface area contributed by atoms with Gasteiger partial charge in [-0.05, 0) is 37.4 Å². The van der Waals surface area contributed by atoms with Crippen LogP contribution in [0.4, 0.5) is 17.2 Å². The first-order valence-corrected chi connectivity index (χ1v) is 10.5. The van der Waals surface area contributed by atoms with Gasteiger partial charge in [-0.25, -0.2) is 10.5 Å². The molecule has 0 aromatic carbocycles. The summed E-state index contributed by atoms with van der Waals surface area (Å²) in [6.07, 6.45) is 8.68. The summed E-state index contributed by atoms with van der Waals surface area (Å²) in [7, 11) is 3.74. The van der Waals surface area contributed by atoms with Crippen LogP contribution in [0.1, 0.15) is 30.0 Å². The van der Waals surface area contributed by atoms with Crippen molar-refractivity contribution in [2.24, 2.45) is 0 Å². The molecule has 0 radical (unpaired) electrons. The molecule has 1 aliphatic carbocycles. The van der Waals surface area contributed by atoms with Crippen LogP contribution in [0.5, 0.6) is 0 Å². The summed E-state index contributed by atoms with van der Waals surface area (Å²) in [6, 6.07) is 4.23. The second kappa shape index (κ2) is 8.08. The predicted molar refractivity (Wildman–Crippen MR) is 117 cm³/mol. The molecule has 1 aliphatic heterocycles. The largest absolute Gasteiger partial charge is 0.378 e. The zero-order valence-electron chi connectivity index (χ0n) is 17.5. The lowest BCUT2D eigenvalue weighted by molar-refractivity contribution is 0.268. The molecule has 5 rings (SSSR count). The summed E-state index contributed by atoms with van der Waals surface area (Å²) >= 11 is 0. The van der Waals surface area contributed by atoms with Gasteiger partial charge in [0, 0.05) is 44.6 Å². The number of nitrogens with zero attached hydrogens (tertiary/aromatic N) is 6. The lowest BCUT2D eigenvalue weighted by Crippen LogP contribution is -2.44. The van der Waals surface area contributed by atoms with E-state index in [4.69, 9.17) is 9.82 Å². The Labute approximate surface area is 176 Å². The van der Waals surface area contributed by atoms with Crippen LogP contribution >= 0.6 is 0 Å². The molecule has 1 saturated heterocycles. The minimum absolute atomic E-state index is 0.559. The summed E-state index contributed by atoms with van der Waals surface area (Å²) in [4.78, 5) is 14.7. The van der Waals surface area contributed by atoms with Crippen LogP contribution in [-0.2, 0) is 11.4 Å². The smallest absolute Gasteiger partial charge is 0.174 e.